The molecular weight excluding hydrogens is 176 g/mol. The van der Waals surface area contributed by atoms with Gasteiger partial charge in [0.2, 0.25) is 0 Å². The summed E-state index contributed by atoms with van der Waals surface area (Å²) in [5.74, 6) is 9.06. The summed E-state index contributed by atoms with van der Waals surface area (Å²) >= 11 is 8.03. The number of hydrazine groups is 2. The van der Waals surface area contributed by atoms with Crippen LogP contribution in [0.4, 0.5) is 0 Å². The molecule has 0 aliphatic carbocycles. The number of hydrogen-bond donors (Lipinski definition) is 6. The van der Waals surface area contributed by atoms with Gasteiger partial charge in [-0.05, 0) is 24.4 Å². The highest BCUT2D eigenvalue weighted by atomic mass is 32.1. The van der Waals surface area contributed by atoms with Gasteiger partial charge in [-0.25, -0.2) is 11.7 Å². The summed E-state index contributed by atoms with van der Waals surface area (Å²) in [4.78, 5) is 0. The fraction of sp³-hybridized carbons (Fsp3) is 0. The minimum atomic E-state index is -0.384. The Morgan fingerprint density at radius 2 is 1.10 bits per heavy atom. The van der Waals surface area contributed by atoms with Crippen molar-refractivity contribution in [1.29, 1.82) is 0 Å². The van der Waals surface area contributed by atoms with Crippen LogP contribution in [-0.4, -0.2) is 20.6 Å². The van der Waals surface area contributed by atoms with Crippen molar-refractivity contribution in [3.05, 3.63) is 0 Å². The maximum absolute atomic E-state index is 7.86. The molecule has 60 valence electrons. The highest BCUT2D eigenvalue weighted by Gasteiger charge is 1.70. The first-order valence-electron chi connectivity index (χ1n) is 1.93. The minimum absolute atomic E-state index is 0.384. The van der Waals surface area contributed by atoms with Crippen LogP contribution < -0.4 is 22.5 Å². The summed E-state index contributed by atoms with van der Waals surface area (Å²) in [5.41, 5.74) is 3.63. The van der Waals surface area contributed by atoms with Gasteiger partial charge in [0, 0.05) is 0 Å². The fourth-order valence-electron chi connectivity index (χ4n) is 0. The summed E-state index contributed by atoms with van der Waals surface area (Å²) in [7, 11) is 0. The maximum atomic E-state index is 7.86. The van der Waals surface area contributed by atoms with Gasteiger partial charge in [0.1, 0.15) is 0 Å². The van der Waals surface area contributed by atoms with Crippen molar-refractivity contribution in [2.45, 2.75) is 0 Å². The van der Waals surface area contributed by atoms with Crippen LogP contribution in [0.2, 0.25) is 0 Å². The molecule has 0 rings (SSSR count). The van der Waals surface area contributed by atoms with Crippen LogP contribution in [0.15, 0.2) is 0 Å². The van der Waals surface area contributed by atoms with Gasteiger partial charge >= 0.3 is 0 Å². The third-order valence-electron chi connectivity index (χ3n) is 0.247. The van der Waals surface area contributed by atoms with Crippen LogP contribution in [-0.2, 0) is 0 Å². The normalized spacial score (nSPS) is 6.60. The third-order valence-corrected chi connectivity index (χ3v) is 0.483. The van der Waals surface area contributed by atoms with E-state index >= 15 is 0 Å². The van der Waals surface area contributed by atoms with E-state index in [4.69, 9.17) is 10.2 Å². The van der Waals surface area contributed by atoms with E-state index in [2.05, 4.69) is 36.1 Å². The van der Waals surface area contributed by atoms with Crippen LogP contribution in [0.5, 0.6) is 0 Å². The van der Waals surface area contributed by atoms with Crippen LogP contribution in [0.25, 0.3) is 0 Å². The lowest BCUT2D eigenvalue weighted by atomic mass is 11.3. The lowest BCUT2D eigenvalue weighted by Crippen LogP contribution is -2.27. The Hall–Kier alpha value is -0.700. The maximum Gasteiger partial charge on any atom is 0.268 e. The molecule has 0 spiro atoms. The average molecular weight is 184 g/mol. The highest BCUT2D eigenvalue weighted by molar-refractivity contribution is 7.80. The van der Waals surface area contributed by atoms with E-state index in [1.807, 2.05) is 10.9 Å². The molecule has 6 nitrogen and oxygen atoms in total. The van der Waals surface area contributed by atoms with Crippen molar-refractivity contribution < 1.29 is 10.2 Å². The first-order valence-corrected chi connectivity index (χ1v) is 2.75. The van der Waals surface area contributed by atoms with E-state index in [1.54, 1.807) is 0 Å². The first-order chi connectivity index (χ1) is 4.54. The van der Waals surface area contributed by atoms with E-state index in [-0.39, 0.29) is 10.3 Å². The number of hydrogen-bond acceptors (Lipinski definition) is 4. The molecule has 8 heteroatoms. The molecule has 0 saturated heterocycles. The molecule has 0 fully saturated rings. The Kier molecular flexibility index (Phi) is 9.98. The predicted octanol–water partition coefficient (Wildman–Crippen LogP) is -1.41. The van der Waals surface area contributed by atoms with E-state index < -0.39 is 0 Å². The molecule has 10 heavy (non-hydrogen) atoms. The quantitative estimate of drug-likeness (QED) is 0.154. The molecule has 0 radical (unpaired) electrons. The first kappa shape index (κ1) is 12.0. The third kappa shape index (κ3) is 26.6. The highest BCUT2D eigenvalue weighted by Crippen LogP contribution is 1.47. The lowest BCUT2D eigenvalue weighted by molar-refractivity contribution is 0.534. The number of aliphatic hydroxyl groups is 2. The molecule has 0 aliphatic heterocycles. The zero-order chi connectivity index (χ0) is 8.57. The summed E-state index contributed by atoms with van der Waals surface area (Å²) in [5, 5.41) is 14.9. The van der Waals surface area contributed by atoms with E-state index in [1.165, 1.54) is 0 Å². The van der Waals surface area contributed by atoms with Gasteiger partial charge in [0.25, 0.3) is 10.3 Å². The van der Waals surface area contributed by atoms with Crippen LogP contribution in [0, 0.1) is 0 Å². The average Bonchev–Trinajstić information content (AvgIpc) is 1.89. The molecule has 0 aliphatic rings. The Morgan fingerprint density at radius 1 is 1.00 bits per heavy atom. The van der Waals surface area contributed by atoms with Gasteiger partial charge in [-0.15, -0.1) is 0 Å². The zero-order valence-electron chi connectivity index (χ0n) is 4.87. The standard InChI is InChI=1S/2CH4N2OS/c2*2-3-1(4)5/h2*2H2,(H2,3,4,5). The van der Waals surface area contributed by atoms with Gasteiger partial charge in [-0.3, -0.25) is 10.9 Å². The molecule has 0 aromatic heterocycles. The summed E-state index contributed by atoms with van der Waals surface area (Å²) in [6, 6.07) is 0. The van der Waals surface area contributed by atoms with Crippen molar-refractivity contribution >= 4 is 34.8 Å². The monoisotopic (exact) mass is 184 g/mol. The van der Waals surface area contributed by atoms with Crippen molar-refractivity contribution in [2.75, 3.05) is 0 Å². The van der Waals surface area contributed by atoms with Crippen molar-refractivity contribution in [3.63, 3.8) is 0 Å². The predicted molar refractivity (Wildman–Crippen MR) is 45.1 cm³/mol. The molecule has 8 N–H and O–H groups in total. The molecule has 0 aromatic carbocycles. The molecule has 0 saturated carbocycles. The van der Waals surface area contributed by atoms with Gasteiger partial charge in [0.15, 0.2) is 0 Å². The number of rotatable bonds is 0. The Labute approximate surface area is 68.1 Å². The summed E-state index contributed by atoms with van der Waals surface area (Å²) < 4.78 is 0. The van der Waals surface area contributed by atoms with Gasteiger partial charge in [-0.2, -0.15) is 0 Å². The molecule has 0 heterocycles. The number of nitrogens with one attached hydrogen (secondary N) is 2. The lowest BCUT2D eigenvalue weighted by Gasteiger charge is -1.83. The van der Waals surface area contributed by atoms with E-state index in [0.29, 0.717) is 0 Å². The smallest absolute Gasteiger partial charge is 0.268 e. The van der Waals surface area contributed by atoms with Crippen LogP contribution >= 0.6 is 24.4 Å². The molecular formula is C2H8N4O2S2. The number of thiocarbonyl (C=S) groups is 2. The zero-order valence-corrected chi connectivity index (χ0v) is 6.50. The molecule has 0 atom stereocenters. The molecule has 0 unspecified atom stereocenters. The topological polar surface area (TPSA) is 117 Å². The Bertz CT molecular complexity index is 104. The van der Waals surface area contributed by atoms with Crippen LogP contribution in [0.1, 0.15) is 0 Å². The molecule has 0 bridgehead atoms. The Morgan fingerprint density at radius 3 is 1.10 bits per heavy atom. The van der Waals surface area contributed by atoms with Crippen molar-refractivity contribution in [3.8, 4) is 0 Å². The van der Waals surface area contributed by atoms with E-state index in [0.717, 1.165) is 0 Å². The van der Waals surface area contributed by atoms with Crippen molar-refractivity contribution in [2.24, 2.45) is 11.7 Å². The number of nitrogens with two attached hydrogens (primary N) is 2. The minimum Gasteiger partial charge on any atom is -0.486 e. The fourth-order valence-corrected chi connectivity index (χ4v) is 0. The second kappa shape index (κ2) is 8.30. The molecule has 0 amide bonds. The number of aliphatic hydroxyl groups excluding tert-OH is 2. The second-order valence-electron chi connectivity index (χ2n) is 0.899. The summed E-state index contributed by atoms with van der Waals surface area (Å²) in [6.07, 6.45) is 0. The van der Waals surface area contributed by atoms with Crippen molar-refractivity contribution in [1.82, 2.24) is 10.9 Å². The van der Waals surface area contributed by atoms with E-state index in [9.17, 15) is 0 Å². The summed E-state index contributed by atoms with van der Waals surface area (Å²) in [6.45, 7) is 0. The van der Waals surface area contributed by atoms with Gasteiger partial charge in [0.05, 0.1) is 0 Å². The molecule has 0 aromatic rings. The largest absolute Gasteiger partial charge is 0.486 e. The van der Waals surface area contributed by atoms with Gasteiger partial charge < -0.3 is 10.2 Å². The van der Waals surface area contributed by atoms with Crippen LogP contribution in [0.3, 0.4) is 0 Å². The SMILES string of the molecule is NNC(O)=S.NNC(O)=S. The Balaban J connectivity index is 0. The van der Waals surface area contributed by atoms with Gasteiger partial charge in [-0.1, -0.05) is 0 Å². The second-order valence-corrected chi connectivity index (χ2v) is 1.67.